The Bertz CT molecular complexity index is 338. The fourth-order valence-electron chi connectivity index (χ4n) is 3.64. The van der Waals surface area contributed by atoms with E-state index in [-0.39, 0.29) is 24.2 Å². The molecule has 0 saturated heterocycles. The van der Waals surface area contributed by atoms with Crippen LogP contribution in [0.1, 0.15) is 133 Å². The van der Waals surface area contributed by atoms with Crippen LogP contribution in [0.15, 0.2) is 0 Å². The van der Waals surface area contributed by atoms with Crippen molar-refractivity contribution in [3.8, 4) is 0 Å². The molecule has 3 heteroatoms. The molecule has 0 saturated carbocycles. The van der Waals surface area contributed by atoms with Gasteiger partial charge in [-0.25, -0.2) is 0 Å². The van der Waals surface area contributed by atoms with Gasteiger partial charge in [0, 0.05) is 5.92 Å². The predicted octanol–water partition coefficient (Wildman–Crippen LogP) is 8.50. The van der Waals surface area contributed by atoms with E-state index in [0.29, 0.717) is 5.92 Å². The van der Waals surface area contributed by atoms with Crippen molar-refractivity contribution < 1.29 is 14.2 Å². The molecule has 0 N–H and O–H groups in total. The van der Waals surface area contributed by atoms with E-state index in [0.717, 1.165) is 32.1 Å². The molecule has 0 rings (SSSR count). The van der Waals surface area contributed by atoms with Gasteiger partial charge in [-0.3, -0.25) is 0 Å². The minimum Gasteiger partial charge on any atom is -0.324 e. The summed E-state index contributed by atoms with van der Waals surface area (Å²) >= 11 is 0. The molecule has 0 fully saturated rings. The van der Waals surface area contributed by atoms with Crippen LogP contribution in [0.2, 0.25) is 0 Å². The van der Waals surface area contributed by atoms with Gasteiger partial charge in [-0.2, -0.15) is 0 Å². The van der Waals surface area contributed by atoms with E-state index in [1.807, 2.05) is 0 Å². The van der Waals surface area contributed by atoms with Gasteiger partial charge < -0.3 is 14.2 Å². The van der Waals surface area contributed by atoms with Gasteiger partial charge in [0.2, 0.25) is 0 Å². The Labute approximate surface area is 183 Å². The molecule has 0 heterocycles. The third kappa shape index (κ3) is 12.4. The van der Waals surface area contributed by atoms with Gasteiger partial charge in [0.15, 0.2) is 0 Å². The second-order valence-corrected chi connectivity index (χ2v) is 9.50. The summed E-state index contributed by atoms with van der Waals surface area (Å²) in [5, 5.41) is 0. The first-order valence-corrected chi connectivity index (χ1v) is 12.8. The third-order valence-corrected chi connectivity index (χ3v) is 5.98. The molecule has 0 aromatic rings. The highest BCUT2D eigenvalue weighted by Gasteiger charge is 2.46. The molecule has 0 aliphatic rings. The molecule has 0 bridgehead atoms. The standard InChI is InChI=1S/C26H54O3/c1-10-14-15-16-17-18-19-25(20-21(5)6)26(27-22(7)11-2,28-23(8)12-3)29-24(9)13-4/h21-25H,10-20H2,1-9H3. The Hall–Kier alpha value is -0.120. The molecule has 0 aromatic heterocycles. The summed E-state index contributed by atoms with van der Waals surface area (Å²) in [4.78, 5) is 0. The van der Waals surface area contributed by atoms with Gasteiger partial charge in [0.05, 0.1) is 18.3 Å². The van der Waals surface area contributed by atoms with Crippen molar-refractivity contribution in [2.45, 2.75) is 157 Å². The molecule has 0 radical (unpaired) electrons. The van der Waals surface area contributed by atoms with Gasteiger partial charge in [0.1, 0.15) is 0 Å². The van der Waals surface area contributed by atoms with Gasteiger partial charge in [-0.1, -0.05) is 80.1 Å². The Morgan fingerprint density at radius 2 is 1.00 bits per heavy atom. The molecular formula is C26H54O3. The van der Waals surface area contributed by atoms with Gasteiger partial charge in [0.25, 0.3) is 5.97 Å². The lowest BCUT2D eigenvalue weighted by Gasteiger charge is -2.44. The van der Waals surface area contributed by atoms with Crippen molar-refractivity contribution in [2.24, 2.45) is 11.8 Å². The Kier molecular flexibility index (Phi) is 16.5. The lowest BCUT2D eigenvalue weighted by molar-refractivity contribution is -0.438. The normalized spacial score (nSPS) is 18.4. The number of unbranched alkanes of at least 4 members (excludes halogenated alkanes) is 5. The van der Waals surface area contributed by atoms with E-state index in [1.165, 1.54) is 38.5 Å². The molecule has 0 aliphatic carbocycles. The summed E-state index contributed by atoms with van der Waals surface area (Å²) in [7, 11) is 0. The monoisotopic (exact) mass is 414 g/mol. The first-order chi connectivity index (χ1) is 13.7. The first-order valence-electron chi connectivity index (χ1n) is 12.8. The van der Waals surface area contributed by atoms with Crippen molar-refractivity contribution in [2.75, 3.05) is 0 Å². The number of hydrogen-bond donors (Lipinski definition) is 0. The largest absolute Gasteiger partial charge is 0.324 e. The van der Waals surface area contributed by atoms with E-state index in [1.54, 1.807) is 0 Å². The molecule has 0 aromatic carbocycles. The van der Waals surface area contributed by atoms with Crippen molar-refractivity contribution in [1.29, 1.82) is 0 Å². The molecule has 0 amide bonds. The smallest absolute Gasteiger partial charge is 0.286 e. The maximum absolute atomic E-state index is 6.65. The van der Waals surface area contributed by atoms with E-state index in [2.05, 4.69) is 62.3 Å². The molecule has 176 valence electrons. The zero-order chi connectivity index (χ0) is 22.3. The highest BCUT2D eigenvalue weighted by atomic mass is 16.9. The molecule has 0 spiro atoms. The first kappa shape index (κ1) is 28.9. The summed E-state index contributed by atoms with van der Waals surface area (Å²) in [6.45, 7) is 19.8. The third-order valence-electron chi connectivity index (χ3n) is 5.98. The van der Waals surface area contributed by atoms with Crippen LogP contribution in [0.25, 0.3) is 0 Å². The number of ether oxygens (including phenoxy) is 3. The minimum absolute atomic E-state index is 0.113. The van der Waals surface area contributed by atoms with Gasteiger partial charge in [-0.15, -0.1) is 0 Å². The fourth-order valence-corrected chi connectivity index (χ4v) is 3.64. The van der Waals surface area contributed by atoms with Crippen LogP contribution in [0.3, 0.4) is 0 Å². The van der Waals surface area contributed by atoms with E-state index in [4.69, 9.17) is 14.2 Å². The molecule has 4 atom stereocenters. The predicted molar refractivity (Wildman–Crippen MR) is 126 cm³/mol. The SMILES string of the molecule is CCCCCCCCC(CC(C)C)C(OC(C)CC)(OC(C)CC)OC(C)CC. The van der Waals surface area contributed by atoms with Crippen LogP contribution in [-0.2, 0) is 14.2 Å². The van der Waals surface area contributed by atoms with E-state index >= 15 is 0 Å². The zero-order valence-corrected chi connectivity index (χ0v) is 21.4. The molecule has 4 unspecified atom stereocenters. The van der Waals surface area contributed by atoms with Crippen LogP contribution in [0, 0.1) is 11.8 Å². The van der Waals surface area contributed by atoms with Crippen LogP contribution in [0.4, 0.5) is 0 Å². The molecule has 0 aliphatic heterocycles. The van der Waals surface area contributed by atoms with Gasteiger partial charge in [-0.05, 0) is 58.8 Å². The maximum atomic E-state index is 6.65. The maximum Gasteiger partial charge on any atom is 0.286 e. The Morgan fingerprint density at radius 3 is 1.38 bits per heavy atom. The minimum atomic E-state index is -0.937. The van der Waals surface area contributed by atoms with Crippen molar-refractivity contribution in [3.05, 3.63) is 0 Å². The summed E-state index contributed by atoms with van der Waals surface area (Å²) < 4.78 is 19.9. The molecule has 3 nitrogen and oxygen atoms in total. The topological polar surface area (TPSA) is 27.7 Å². The summed E-state index contributed by atoms with van der Waals surface area (Å²) in [5.74, 6) is -0.0970. The number of rotatable bonds is 19. The summed E-state index contributed by atoms with van der Waals surface area (Å²) in [6.07, 6.45) is 13.2. The Morgan fingerprint density at radius 1 is 0.586 bits per heavy atom. The quantitative estimate of drug-likeness (QED) is 0.157. The van der Waals surface area contributed by atoms with Crippen molar-refractivity contribution in [3.63, 3.8) is 0 Å². The average molecular weight is 415 g/mol. The Balaban J connectivity index is 5.60. The lowest BCUT2D eigenvalue weighted by Crippen LogP contribution is -2.52. The summed E-state index contributed by atoms with van der Waals surface area (Å²) in [6, 6.07) is 0. The van der Waals surface area contributed by atoms with Crippen LogP contribution in [-0.4, -0.2) is 24.3 Å². The van der Waals surface area contributed by atoms with Crippen molar-refractivity contribution in [1.82, 2.24) is 0 Å². The zero-order valence-electron chi connectivity index (χ0n) is 21.4. The van der Waals surface area contributed by atoms with Crippen LogP contribution in [0.5, 0.6) is 0 Å². The van der Waals surface area contributed by atoms with E-state index in [9.17, 15) is 0 Å². The molecular weight excluding hydrogens is 360 g/mol. The second-order valence-electron chi connectivity index (χ2n) is 9.50. The van der Waals surface area contributed by atoms with Gasteiger partial charge >= 0.3 is 0 Å². The van der Waals surface area contributed by atoms with Crippen LogP contribution < -0.4 is 0 Å². The second kappa shape index (κ2) is 16.6. The van der Waals surface area contributed by atoms with Crippen LogP contribution >= 0.6 is 0 Å². The highest BCUT2D eigenvalue weighted by Crippen LogP contribution is 2.38. The molecule has 29 heavy (non-hydrogen) atoms. The fraction of sp³-hybridized carbons (Fsp3) is 1.00. The van der Waals surface area contributed by atoms with Crippen molar-refractivity contribution >= 4 is 0 Å². The van der Waals surface area contributed by atoms with E-state index < -0.39 is 5.97 Å². The summed E-state index contributed by atoms with van der Waals surface area (Å²) in [5.41, 5.74) is 0. The number of hydrogen-bond acceptors (Lipinski definition) is 3. The highest BCUT2D eigenvalue weighted by molar-refractivity contribution is 4.77. The lowest BCUT2D eigenvalue weighted by atomic mass is 9.89. The average Bonchev–Trinajstić information content (AvgIpc) is 2.68.